The summed E-state index contributed by atoms with van der Waals surface area (Å²) in [5.74, 6) is -5.10. The molecule has 0 amide bonds. The Bertz CT molecular complexity index is 1410. The lowest BCUT2D eigenvalue weighted by Crippen LogP contribution is -2.55. The van der Waals surface area contributed by atoms with E-state index in [0.717, 1.165) is 51.4 Å². The minimum atomic E-state index is -5.46. The Morgan fingerprint density at radius 3 is 2.15 bits per heavy atom. The minimum Gasteiger partial charge on any atom is -0.462 e. The van der Waals surface area contributed by atoms with E-state index in [1.165, 1.54) is 43.9 Å². The molecule has 1 saturated carbocycles. The van der Waals surface area contributed by atoms with E-state index in [9.17, 15) is 59.6 Å². The number of aliphatic hydroxyl groups excluding tert-OH is 7. The molecule has 12 atom stereocenters. The maximum absolute atomic E-state index is 13.6. The van der Waals surface area contributed by atoms with Crippen LogP contribution in [0.3, 0.4) is 0 Å². The van der Waals surface area contributed by atoms with Crippen molar-refractivity contribution in [1.82, 2.24) is 0 Å². The number of ketones is 1. The zero-order valence-electron chi connectivity index (χ0n) is 36.9. The second-order valence-corrected chi connectivity index (χ2v) is 18.1. The number of ether oxygens (including phenoxy) is 2. The molecule has 16 nitrogen and oxygen atoms in total. The van der Waals surface area contributed by atoms with Crippen molar-refractivity contribution in [2.75, 3.05) is 13.2 Å². The lowest BCUT2D eigenvalue weighted by molar-refractivity contribution is -0.166. The van der Waals surface area contributed by atoms with Crippen LogP contribution in [0.1, 0.15) is 149 Å². The van der Waals surface area contributed by atoms with E-state index in [4.69, 9.17) is 18.5 Å². The topological polar surface area (TPSA) is 267 Å². The molecule has 0 spiro atoms. The molecule has 1 fully saturated rings. The van der Waals surface area contributed by atoms with Crippen LogP contribution in [-0.4, -0.2) is 127 Å². The highest BCUT2D eigenvalue weighted by atomic mass is 31.2. The van der Waals surface area contributed by atoms with Gasteiger partial charge in [0.2, 0.25) is 0 Å². The van der Waals surface area contributed by atoms with Crippen molar-refractivity contribution in [3.63, 3.8) is 0 Å². The predicted octanol–water partition coefficient (Wildman–Crippen LogP) is 5.20. The Hall–Kier alpha value is -2.34. The fourth-order valence-corrected chi connectivity index (χ4v) is 8.43. The number of hydrogen-bond acceptors (Lipinski definition) is 15. The summed E-state index contributed by atoms with van der Waals surface area (Å²) in [6, 6.07) is 0. The highest BCUT2D eigenvalue weighted by Crippen LogP contribution is 2.47. The first-order valence-electron chi connectivity index (χ1n) is 22.9. The van der Waals surface area contributed by atoms with Crippen molar-refractivity contribution in [3.8, 4) is 0 Å². The normalized spacial score (nSPS) is 32.5. The number of unbranched alkanes of at least 4 members (excludes halogenated alkanes) is 11. The van der Waals surface area contributed by atoms with Crippen LogP contribution < -0.4 is 0 Å². The standard InChI is InChI=1S/C45H77O16P/c1-3-5-7-8-9-10-11-12-13-14-15-16-22-26-39(50)60-33-30-58-38(49)25-21-18-17-20-24-34-36(47)29-37(48)35(28-27-32(46)23-19-6-4-2)41(52)43(54)45(44(55)42(53)40(34)51)61-62(56,57)59-31-33/h10-11,17,20,27-28,32-35,37,40-46,48,51-55H,3-9,12-16,18-19,21-26,29-31H2,1-2H3,(H,56,57)/b11-10-,20-17-,28-27+/t32-,33+,34-,35-,37+,40+,41+,42-,43+,44+,45+/m0/s1. The van der Waals surface area contributed by atoms with Gasteiger partial charge in [-0.25, -0.2) is 4.57 Å². The van der Waals surface area contributed by atoms with Crippen molar-refractivity contribution in [2.24, 2.45) is 11.8 Å². The van der Waals surface area contributed by atoms with Crippen LogP contribution in [0.25, 0.3) is 0 Å². The molecule has 1 aliphatic carbocycles. The van der Waals surface area contributed by atoms with E-state index in [-0.39, 0.29) is 19.3 Å². The van der Waals surface area contributed by atoms with Gasteiger partial charge in [0, 0.05) is 31.1 Å². The van der Waals surface area contributed by atoms with E-state index in [2.05, 4.69) is 19.1 Å². The average Bonchev–Trinajstić information content (AvgIpc) is 3.23. The van der Waals surface area contributed by atoms with Gasteiger partial charge >= 0.3 is 19.8 Å². The maximum Gasteiger partial charge on any atom is 0.472 e. The molecule has 1 heterocycles. The first kappa shape index (κ1) is 55.8. The van der Waals surface area contributed by atoms with Crippen LogP contribution in [0.15, 0.2) is 36.5 Å². The maximum atomic E-state index is 13.6. The van der Waals surface area contributed by atoms with Crippen LogP contribution >= 0.6 is 7.82 Å². The second-order valence-electron chi connectivity index (χ2n) is 16.7. The van der Waals surface area contributed by atoms with Crippen molar-refractivity contribution in [2.45, 2.75) is 204 Å². The van der Waals surface area contributed by atoms with Gasteiger partial charge in [0.25, 0.3) is 0 Å². The van der Waals surface area contributed by atoms with Gasteiger partial charge in [0.05, 0.1) is 31.0 Å². The molecule has 8 N–H and O–H groups in total. The highest BCUT2D eigenvalue weighted by molar-refractivity contribution is 7.47. The Labute approximate surface area is 368 Å². The SMILES string of the molecule is CCCCCC/C=C\CCCCCCCC(=O)O[C@@H]1COC(=O)CCC/C=C\C[C@H]2C(=O)C[C@@H](O)[C@H](/C=C/[C@@H](O)CCCCC)[C@@H](O)[C@@H](O)[C@@H](OP(=O)(O)OC1)[C@H](O)[C@@H](O)[C@@H]2O. The molecule has 2 rings (SSSR count). The summed E-state index contributed by atoms with van der Waals surface area (Å²) < 4.78 is 34.6. The smallest absolute Gasteiger partial charge is 0.462 e. The molecule has 0 saturated heterocycles. The number of rotatable bonds is 20. The Kier molecular flexibility index (Phi) is 28.4. The number of phosphoric ester groups is 1. The summed E-state index contributed by atoms with van der Waals surface area (Å²) in [5.41, 5.74) is 0. The van der Waals surface area contributed by atoms with E-state index in [1.54, 1.807) is 6.08 Å². The molecule has 1 aliphatic heterocycles. The van der Waals surface area contributed by atoms with E-state index < -0.39 is 112 Å². The van der Waals surface area contributed by atoms with Gasteiger partial charge in [-0.05, 0) is 57.8 Å². The minimum absolute atomic E-state index is 0.0149. The summed E-state index contributed by atoms with van der Waals surface area (Å²) in [7, 11) is -5.46. The average molecular weight is 905 g/mol. The number of carbonyl (C=O) groups is 3. The molecule has 2 aliphatic rings. The summed E-state index contributed by atoms with van der Waals surface area (Å²) in [4.78, 5) is 49.9. The molecule has 0 aromatic carbocycles. The molecule has 17 heteroatoms. The molecule has 0 aromatic rings. The number of Topliss-reactive ketones (excluding diaryl/α,β-unsaturated/α-hetero) is 1. The number of esters is 2. The van der Waals surface area contributed by atoms with E-state index in [0.29, 0.717) is 32.1 Å². The van der Waals surface area contributed by atoms with Gasteiger partial charge in [0.1, 0.15) is 36.8 Å². The number of cyclic esters (lactones) is 1. The molecule has 0 radical (unpaired) electrons. The summed E-state index contributed by atoms with van der Waals surface area (Å²) in [6.07, 6.45) is 5.79. The van der Waals surface area contributed by atoms with Crippen LogP contribution in [-0.2, 0) is 37.5 Å². The number of hydrogen-bond donors (Lipinski definition) is 8. The number of carbonyl (C=O) groups excluding carboxylic acids is 3. The predicted molar refractivity (Wildman–Crippen MR) is 231 cm³/mol. The van der Waals surface area contributed by atoms with Gasteiger partial charge in [-0.3, -0.25) is 23.4 Å². The van der Waals surface area contributed by atoms with Gasteiger partial charge in [-0.2, -0.15) is 0 Å². The van der Waals surface area contributed by atoms with Gasteiger partial charge in [0.15, 0.2) is 6.10 Å². The lowest BCUT2D eigenvalue weighted by atomic mass is 9.84. The lowest BCUT2D eigenvalue weighted by Gasteiger charge is -2.36. The largest absolute Gasteiger partial charge is 0.472 e. The van der Waals surface area contributed by atoms with Crippen molar-refractivity contribution in [1.29, 1.82) is 0 Å². The third kappa shape index (κ3) is 22.0. The zero-order valence-corrected chi connectivity index (χ0v) is 37.8. The van der Waals surface area contributed by atoms with Crippen LogP contribution in [0.2, 0.25) is 0 Å². The quantitative estimate of drug-likeness (QED) is 0.0338. The van der Waals surface area contributed by atoms with Crippen molar-refractivity contribution < 1.29 is 78.1 Å². The van der Waals surface area contributed by atoms with Gasteiger partial charge in [-0.15, -0.1) is 0 Å². The summed E-state index contributed by atoms with van der Waals surface area (Å²) in [6.45, 7) is 2.75. The summed E-state index contributed by atoms with van der Waals surface area (Å²) in [5, 5.41) is 78.4. The van der Waals surface area contributed by atoms with Crippen molar-refractivity contribution >= 4 is 25.5 Å². The monoisotopic (exact) mass is 904 g/mol. The Morgan fingerprint density at radius 2 is 1.45 bits per heavy atom. The van der Waals surface area contributed by atoms with Crippen molar-refractivity contribution in [3.05, 3.63) is 36.5 Å². The fourth-order valence-electron chi connectivity index (χ4n) is 7.46. The van der Waals surface area contributed by atoms with Gasteiger partial charge in [-0.1, -0.05) is 108 Å². The van der Waals surface area contributed by atoms with Crippen LogP contribution in [0.4, 0.5) is 0 Å². The Morgan fingerprint density at radius 1 is 0.823 bits per heavy atom. The number of phosphoric acid groups is 1. The zero-order chi connectivity index (χ0) is 45.9. The number of allylic oxidation sites excluding steroid dienone is 4. The molecular weight excluding hydrogens is 827 g/mol. The number of aliphatic hydroxyl groups is 7. The molecule has 358 valence electrons. The van der Waals surface area contributed by atoms with Crippen LogP contribution in [0.5, 0.6) is 0 Å². The Balaban J connectivity index is 2.27. The van der Waals surface area contributed by atoms with E-state index in [1.807, 2.05) is 6.92 Å². The third-order valence-corrected chi connectivity index (χ3v) is 12.3. The summed E-state index contributed by atoms with van der Waals surface area (Å²) >= 11 is 0. The second kappa shape index (κ2) is 31.5. The number of fused-ring (bicyclic) bond motifs is 4. The molecule has 62 heavy (non-hydrogen) atoms. The molecule has 0 aromatic heterocycles. The highest BCUT2D eigenvalue weighted by Gasteiger charge is 2.49. The van der Waals surface area contributed by atoms with Gasteiger partial charge < -0.3 is 50.1 Å². The third-order valence-electron chi connectivity index (χ3n) is 11.3. The molecule has 1 unspecified atom stereocenters. The van der Waals surface area contributed by atoms with E-state index >= 15 is 0 Å². The fraction of sp³-hybridized carbons (Fsp3) is 0.800. The molecule has 2 bridgehead atoms. The first-order valence-corrected chi connectivity index (χ1v) is 24.4. The first-order chi connectivity index (χ1) is 29.6. The molecular formula is C45H77O16P. The van der Waals surface area contributed by atoms with Crippen LogP contribution in [0, 0.1) is 11.8 Å².